The molecule has 1 fully saturated rings. The number of phosphoric acid groups is 1. The number of carbonyl (C=O) groups excluding carboxylic acids is 1. The lowest BCUT2D eigenvalue weighted by molar-refractivity contribution is -0.133. The average Bonchev–Trinajstić information content (AvgIpc) is 3.48. The molecule has 8 nitrogen and oxygen atoms in total. The van der Waals surface area contributed by atoms with E-state index in [0.29, 0.717) is 5.56 Å². The predicted octanol–water partition coefficient (Wildman–Crippen LogP) is 2.57. The standard InChI is InChI=1S/C19H21F3N3O5P/c20-9-14(25-18(26)17(21)22)16(30-31(27,28)29)12-3-1-11(2-4-12)13-5-6-15(24-10-13)19(23)7-8-19/h1-6,10,14,16-17H,7-9,23H2,(H,25,26)(H2,27,28,29)/t14-,16-/m1/s1. The lowest BCUT2D eigenvalue weighted by Gasteiger charge is -2.26. The van der Waals surface area contributed by atoms with Crippen molar-refractivity contribution >= 4 is 13.7 Å². The van der Waals surface area contributed by atoms with Gasteiger partial charge in [0.15, 0.2) is 0 Å². The van der Waals surface area contributed by atoms with Gasteiger partial charge in [-0.05, 0) is 30.0 Å². The van der Waals surface area contributed by atoms with E-state index in [1.54, 1.807) is 23.6 Å². The molecule has 1 aromatic carbocycles. The van der Waals surface area contributed by atoms with Gasteiger partial charge in [0, 0.05) is 11.8 Å². The van der Waals surface area contributed by atoms with Gasteiger partial charge in [0.05, 0.1) is 17.3 Å². The third-order valence-corrected chi connectivity index (χ3v) is 5.44. The summed E-state index contributed by atoms with van der Waals surface area (Å²) >= 11 is 0. The van der Waals surface area contributed by atoms with Gasteiger partial charge in [0.25, 0.3) is 5.91 Å². The Morgan fingerprint density at radius 3 is 2.26 bits per heavy atom. The Labute approximate surface area is 175 Å². The summed E-state index contributed by atoms with van der Waals surface area (Å²) in [5.41, 5.74) is 8.01. The molecule has 5 N–H and O–H groups in total. The number of phosphoric ester groups is 1. The van der Waals surface area contributed by atoms with Gasteiger partial charge in [-0.3, -0.25) is 14.3 Å². The maximum Gasteiger partial charge on any atom is 0.470 e. The van der Waals surface area contributed by atoms with E-state index in [1.807, 2.05) is 12.1 Å². The number of benzene rings is 1. The fourth-order valence-corrected chi connectivity index (χ4v) is 3.64. The minimum atomic E-state index is -5.13. The lowest BCUT2D eigenvalue weighted by atomic mass is 9.99. The third kappa shape index (κ3) is 5.90. The van der Waals surface area contributed by atoms with Crippen LogP contribution in [-0.2, 0) is 19.4 Å². The summed E-state index contributed by atoms with van der Waals surface area (Å²) in [7, 11) is -5.13. The third-order valence-electron chi connectivity index (χ3n) is 4.94. The SMILES string of the molecule is NC1(c2ccc(-c3ccc([C@@H](OP(=O)(O)O)[C@@H](CF)NC(=O)C(F)F)cc3)cn2)CC1. The first kappa shape index (κ1) is 23.4. The van der Waals surface area contributed by atoms with Gasteiger partial charge in [-0.15, -0.1) is 0 Å². The number of nitrogens with one attached hydrogen (secondary N) is 1. The zero-order valence-corrected chi connectivity index (χ0v) is 17.0. The number of pyridine rings is 1. The number of aromatic nitrogens is 1. The van der Waals surface area contributed by atoms with E-state index >= 15 is 0 Å². The van der Waals surface area contributed by atoms with Crippen molar-refractivity contribution in [2.24, 2.45) is 5.73 Å². The Morgan fingerprint density at radius 2 is 1.81 bits per heavy atom. The van der Waals surface area contributed by atoms with E-state index in [2.05, 4.69) is 9.51 Å². The molecule has 0 unspecified atom stereocenters. The highest BCUT2D eigenvalue weighted by atomic mass is 31.2. The summed E-state index contributed by atoms with van der Waals surface area (Å²) in [4.78, 5) is 33.9. The molecule has 31 heavy (non-hydrogen) atoms. The molecule has 3 rings (SSSR count). The zero-order chi connectivity index (χ0) is 22.8. The summed E-state index contributed by atoms with van der Waals surface area (Å²) in [5.74, 6) is -1.78. The normalized spacial score (nSPS) is 17.3. The van der Waals surface area contributed by atoms with Crippen molar-refractivity contribution in [2.45, 2.75) is 37.0 Å². The molecule has 1 aliphatic carbocycles. The first-order valence-electron chi connectivity index (χ1n) is 9.26. The van der Waals surface area contributed by atoms with E-state index < -0.39 is 39.0 Å². The van der Waals surface area contributed by atoms with Gasteiger partial charge in [0.2, 0.25) is 0 Å². The van der Waals surface area contributed by atoms with Crippen LogP contribution in [0.25, 0.3) is 11.1 Å². The highest BCUT2D eigenvalue weighted by molar-refractivity contribution is 7.46. The summed E-state index contributed by atoms with van der Waals surface area (Å²) < 4.78 is 54.5. The second-order valence-electron chi connectivity index (χ2n) is 7.30. The summed E-state index contributed by atoms with van der Waals surface area (Å²) in [6.07, 6.45) is -1.76. The molecule has 168 valence electrons. The molecule has 1 heterocycles. The van der Waals surface area contributed by atoms with Crippen LogP contribution in [0, 0.1) is 0 Å². The molecule has 1 saturated carbocycles. The van der Waals surface area contributed by atoms with E-state index in [0.717, 1.165) is 24.1 Å². The zero-order valence-electron chi connectivity index (χ0n) is 16.1. The van der Waals surface area contributed by atoms with Crippen LogP contribution >= 0.6 is 7.82 Å². The summed E-state index contributed by atoms with van der Waals surface area (Å²) in [6.45, 7) is -1.39. The van der Waals surface area contributed by atoms with Crippen LogP contribution in [0.1, 0.15) is 30.2 Å². The monoisotopic (exact) mass is 459 g/mol. The molecule has 2 aromatic rings. The van der Waals surface area contributed by atoms with Crippen LogP contribution in [0.4, 0.5) is 13.2 Å². The lowest BCUT2D eigenvalue weighted by Crippen LogP contribution is -2.44. The molecule has 0 bridgehead atoms. The first-order chi connectivity index (χ1) is 14.5. The summed E-state index contributed by atoms with van der Waals surface area (Å²) in [5, 5.41) is 1.71. The second kappa shape index (κ2) is 9.05. The van der Waals surface area contributed by atoms with E-state index in [9.17, 15) is 22.5 Å². The largest absolute Gasteiger partial charge is 0.470 e. The number of amides is 1. The highest BCUT2D eigenvalue weighted by Crippen LogP contribution is 2.44. The van der Waals surface area contributed by atoms with Gasteiger partial charge < -0.3 is 20.8 Å². The van der Waals surface area contributed by atoms with Gasteiger partial charge in [-0.25, -0.2) is 8.96 Å². The van der Waals surface area contributed by atoms with E-state index in [-0.39, 0.29) is 11.1 Å². The van der Waals surface area contributed by atoms with Crippen LogP contribution in [0.5, 0.6) is 0 Å². The minimum absolute atomic E-state index is 0.0766. The number of hydrogen-bond acceptors (Lipinski definition) is 5. The number of hydrogen-bond donors (Lipinski definition) is 4. The molecule has 0 radical (unpaired) electrons. The number of nitrogens with zero attached hydrogens (tertiary/aromatic N) is 1. The van der Waals surface area contributed by atoms with Crippen molar-refractivity contribution in [3.8, 4) is 11.1 Å². The van der Waals surface area contributed by atoms with Gasteiger partial charge >= 0.3 is 14.2 Å². The highest BCUT2D eigenvalue weighted by Gasteiger charge is 2.41. The van der Waals surface area contributed by atoms with Crippen LogP contribution in [0.15, 0.2) is 42.6 Å². The van der Waals surface area contributed by atoms with Crippen molar-refractivity contribution in [2.75, 3.05) is 6.67 Å². The van der Waals surface area contributed by atoms with Gasteiger partial charge in [-0.1, -0.05) is 30.3 Å². The van der Waals surface area contributed by atoms with E-state index in [4.69, 9.17) is 15.5 Å². The van der Waals surface area contributed by atoms with Crippen molar-refractivity contribution in [3.05, 3.63) is 53.9 Å². The van der Waals surface area contributed by atoms with Crippen LogP contribution in [0.2, 0.25) is 0 Å². The number of carbonyl (C=O) groups is 1. The molecule has 1 aromatic heterocycles. The minimum Gasteiger partial charge on any atom is -0.343 e. The second-order valence-corrected chi connectivity index (χ2v) is 8.49. The molecule has 0 saturated heterocycles. The number of alkyl halides is 3. The molecule has 2 atom stereocenters. The Bertz CT molecular complexity index is 965. The molecule has 1 aliphatic rings. The Morgan fingerprint density at radius 1 is 1.19 bits per heavy atom. The Kier molecular flexibility index (Phi) is 6.82. The smallest absolute Gasteiger partial charge is 0.343 e. The number of halogens is 3. The van der Waals surface area contributed by atoms with Crippen LogP contribution in [-0.4, -0.2) is 39.8 Å². The first-order valence-corrected chi connectivity index (χ1v) is 10.8. The average molecular weight is 459 g/mol. The van der Waals surface area contributed by atoms with Crippen LogP contribution < -0.4 is 11.1 Å². The quantitative estimate of drug-likeness (QED) is 0.424. The molecular weight excluding hydrogens is 438 g/mol. The maximum atomic E-state index is 13.5. The molecule has 1 amide bonds. The predicted molar refractivity (Wildman–Crippen MR) is 105 cm³/mol. The summed E-state index contributed by atoms with van der Waals surface area (Å²) in [6, 6.07) is 7.83. The van der Waals surface area contributed by atoms with Gasteiger partial charge in [-0.2, -0.15) is 8.78 Å². The molecular formula is C19H21F3N3O5P. The number of rotatable bonds is 9. The van der Waals surface area contributed by atoms with E-state index in [1.165, 1.54) is 12.1 Å². The fraction of sp³-hybridized carbons (Fsp3) is 0.368. The fourth-order valence-electron chi connectivity index (χ4n) is 3.07. The van der Waals surface area contributed by atoms with Crippen molar-refractivity contribution in [1.82, 2.24) is 10.3 Å². The molecule has 0 spiro atoms. The maximum absolute atomic E-state index is 13.5. The van der Waals surface area contributed by atoms with Gasteiger partial charge in [0.1, 0.15) is 12.8 Å². The van der Waals surface area contributed by atoms with Crippen LogP contribution in [0.3, 0.4) is 0 Å². The number of nitrogens with two attached hydrogens (primary N) is 1. The topological polar surface area (TPSA) is 135 Å². The molecule has 0 aliphatic heterocycles. The van der Waals surface area contributed by atoms with Crippen molar-refractivity contribution in [3.63, 3.8) is 0 Å². The Hall–Kier alpha value is -2.30. The Balaban J connectivity index is 1.84. The van der Waals surface area contributed by atoms with Crippen molar-refractivity contribution in [1.29, 1.82) is 0 Å². The van der Waals surface area contributed by atoms with Crippen molar-refractivity contribution < 1.29 is 36.8 Å². The molecule has 12 heteroatoms.